The average Bonchev–Trinajstić information content (AvgIpc) is 3.36. The number of benzene rings is 1. The third-order valence-electron chi connectivity index (χ3n) is 8.94. The minimum absolute atomic E-state index is 0.0755. The highest BCUT2D eigenvalue weighted by Gasteiger charge is 2.49. The van der Waals surface area contributed by atoms with Crippen molar-refractivity contribution in [1.29, 1.82) is 0 Å². The summed E-state index contributed by atoms with van der Waals surface area (Å²) in [5, 5.41) is 6.25. The highest BCUT2D eigenvalue weighted by Crippen LogP contribution is 2.45. The van der Waals surface area contributed by atoms with Gasteiger partial charge in [0.05, 0.1) is 18.5 Å². The summed E-state index contributed by atoms with van der Waals surface area (Å²) in [5.41, 5.74) is 2.64. The fraction of sp³-hybridized carbons (Fsp3) is 0.679. The standard InChI is InChI=1S/C28H41N5O2/c1-19(2)21-4-7-24(8-5-21)32-14-10-28(11-15-32)25-9-6-23(31-20(3)34)16-22(25)17-33(27(28)35)18-26-29-12-13-30-26/h6,9,16,19,21,24H,4-5,7-8,10-15,17-18H2,1-3H3,(H,29,30)(H,31,34). The van der Waals surface area contributed by atoms with Crippen LogP contribution in [0, 0.1) is 11.8 Å². The molecule has 0 aromatic heterocycles. The fourth-order valence-corrected chi connectivity index (χ4v) is 6.92. The van der Waals surface area contributed by atoms with Gasteiger partial charge in [-0.05, 0) is 86.7 Å². The summed E-state index contributed by atoms with van der Waals surface area (Å²) in [6.45, 7) is 10.9. The van der Waals surface area contributed by atoms with E-state index in [2.05, 4.69) is 46.5 Å². The first-order chi connectivity index (χ1) is 16.9. The largest absolute Gasteiger partial charge is 0.370 e. The molecule has 1 saturated heterocycles. The molecule has 0 unspecified atom stereocenters. The smallest absolute Gasteiger partial charge is 0.234 e. The lowest BCUT2D eigenvalue weighted by Gasteiger charge is -2.49. The number of piperidine rings is 1. The Morgan fingerprint density at radius 2 is 1.94 bits per heavy atom. The topological polar surface area (TPSA) is 77.0 Å². The van der Waals surface area contributed by atoms with E-state index in [4.69, 9.17) is 0 Å². The van der Waals surface area contributed by atoms with Gasteiger partial charge in [-0.25, -0.2) is 0 Å². The molecule has 1 aromatic rings. The highest BCUT2D eigenvalue weighted by molar-refractivity contribution is 5.96. The number of carbonyl (C=O) groups is 2. The Labute approximate surface area is 209 Å². The van der Waals surface area contributed by atoms with Crippen molar-refractivity contribution in [3.63, 3.8) is 0 Å². The Morgan fingerprint density at radius 1 is 1.20 bits per heavy atom. The molecule has 3 aliphatic heterocycles. The van der Waals surface area contributed by atoms with Crippen LogP contribution in [0.5, 0.6) is 0 Å². The Hall–Kier alpha value is -2.41. The second kappa shape index (κ2) is 9.92. The van der Waals surface area contributed by atoms with Crippen molar-refractivity contribution in [1.82, 2.24) is 15.1 Å². The van der Waals surface area contributed by atoms with E-state index in [1.165, 1.54) is 32.6 Å². The zero-order valence-corrected chi connectivity index (χ0v) is 21.6. The summed E-state index contributed by atoms with van der Waals surface area (Å²) in [4.78, 5) is 34.9. The number of hydrogen-bond donors (Lipinski definition) is 2. The normalized spacial score (nSPS) is 26.5. The van der Waals surface area contributed by atoms with E-state index in [1.54, 1.807) is 0 Å². The molecule has 0 atom stereocenters. The van der Waals surface area contributed by atoms with Crippen molar-refractivity contribution in [2.75, 3.05) is 38.0 Å². The lowest BCUT2D eigenvalue weighted by Crippen LogP contribution is -2.58. The quantitative estimate of drug-likeness (QED) is 0.677. The van der Waals surface area contributed by atoms with Gasteiger partial charge >= 0.3 is 0 Å². The van der Waals surface area contributed by atoms with Gasteiger partial charge < -0.3 is 20.4 Å². The van der Waals surface area contributed by atoms with E-state index in [0.717, 1.165) is 73.5 Å². The molecule has 2 N–H and O–H groups in total. The number of hydrogen-bond acceptors (Lipinski definition) is 5. The highest BCUT2D eigenvalue weighted by atomic mass is 16.2. The number of nitrogens with one attached hydrogen (secondary N) is 2. The molecule has 1 aliphatic carbocycles. The molecule has 2 fully saturated rings. The van der Waals surface area contributed by atoms with Gasteiger partial charge in [0, 0.05) is 31.7 Å². The van der Waals surface area contributed by atoms with E-state index in [9.17, 15) is 9.59 Å². The molecule has 35 heavy (non-hydrogen) atoms. The van der Waals surface area contributed by atoms with Gasteiger partial charge in [0.2, 0.25) is 11.8 Å². The van der Waals surface area contributed by atoms with Gasteiger partial charge in [-0.15, -0.1) is 0 Å². The first-order valence-corrected chi connectivity index (χ1v) is 13.6. The molecule has 5 rings (SSSR count). The molecule has 2 amide bonds. The molecule has 7 heteroatoms. The first kappa shape index (κ1) is 24.3. The maximum absolute atomic E-state index is 14.1. The first-order valence-electron chi connectivity index (χ1n) is 13.6. The van der Waals surface area contributed by atoms with Crippen LogP contribution in [0.1, 0.15) is 70.4 Å². The number of nitrogens with zero attached hydrogens (tertiary/aromatic N) is 3. The van der Waals surface area contributed by atoms with Crippen molar-refractivity contribution in [2.45, 2.75) is 77.3 Å². The summed E-state index contributed by atoms with van der Waals surface area (Å²) in [6.07, 6.45) is 6.97. The second-order valence-corrected chi connectivity index (χ2v) is 11.4. The minimum Gasteiger partial charge on any atom is -0.370 e. The Kier molecular flexibility index (Phi) is 6.88. The van der Waals surface area contributed by atoms with Crippen LogP contribution in [0.15, 0.2) is 23.2 Å². The van der Waals surface area contributed by atoms with Gasteiger partial charge in [0.25, 0.3) is 0 Å². The summed E-state index contributed by atoms with van der Waals surface area (Å²) in [7, 11) is 0. The number of carbonyl (C=O) groups excluding carboxylic acids is 2. The summed E-state index contributed by atoms with van der Waals surface area (Å²) in [6, 6.07) is 6.80. The number of amidine groups is 1. The van der Waals surface area contributed by atoms with E-state index in [0.29, 0.717) is 19.1 Å². The molecule has 7 nitrogen and oxygen atoms in total. The zero-order valence-electron chi connectivity index (χ0n) is 21.6. The van der Waals surface area contributed by atoms with Crippen molar-refractivity contribution < 1.29 is 9.59 Å². The van der Waals surface area contributed by atoms with Gasteiger partial charge in [0.15, 0.2) is 0 Å². The number of anilines is 1. The van der Waals surface area contributed by atoms with Gasteiger partial charge in [-0.3, -0.25) is 14.6 Å². The van der Waals surface area contributed by atoms with Crippen molar-refractivity contribution in [3.05, 3.63) is 29.3 Å². The molecule has 0 bridgehead atoms. The van der Waals surface area contributed by atoms with Crippen LogP contribution in [0.2, 0.25) is 0 Å². The molecule has 1 saturated carbocycles. The number of amides is 2. The summed E-state index contributed by atoms with van der Waals surface area (Å²) >= 11 is 0. The third-order valence-corrected chi connectivity index (χ3v) is 8.94. The Morgan fingerprint density at radius 3 is 2.57 bits per heavy atom. The van der Waals surface area contributed by atoms with Crippen molar-refractivity contribution in [2.24, 2.45) is 16.8 Å². The predicted molar refractivity (Wildman–Crippen MR) is 140 cm³/mol. The fourth-order valence-electron chi connectivity index (χ4n) is 6.92. The van der Waals surface area contributed by atoms with Gasteiger partial charge in [-0.2, -0.15) is 0 Å². The lowest BCUT2D eigenvalue weighted by atomic mass is 9.67. The number of rotatable bonds is 5. The van der Waals surface area contributed by atoms with E-state index < -0.39 is 5.41 Å². The van der Waals surface area contributed by atoms with Crippen LogP contribution >= 0.6 is 0 Å². The lowest BCUT2D eigenvalue weighted by molar-refractivity contribution is -0.141. The molecule has 1 aromatic carbocycles. The number of aliphatic imine (C=N–C) groups is 1. The summed E-state index contributed by atoms with van der Waals surface area (Å²) in [5.74, 6) is 2.73. The monoisotopic (exact) mass is 479 g/mol. The molecule has 3 heterocycles. The number of fused-ring (bicyclic) bond motifs is 2. The Balaban J connectivity index is 1.37. The molecular formula is C28H41N5O2. The van der Waals surface area contributed by atoms with Crippen molar-refractivity contribution >= 4 is 23.3 Å². The van der Waals surface area contributed by atoms with E-state index in [-0.39, 0.29) is 11.8 Å². The molecular weight excluding hydrogens is 438 g/mol. The van der Waals surface area contributed by atoms with Gasteiger partial charge in [0.1, 0.15) is 5.84 Å². The zero-order chi connectivity index (χ0) is 24.6. The number of likely N-dealkylation sites (tertiary alicyclic amines) is 1. The maximum Gasteiger partial charge on any atom is 0.234 e. The summed E-state index contributed by atoms with van der Waals surface area (Å²) < 4.78 is 0. The van der Waals surface area contributed by atoms with Crippen LogP contribution in [0.3, 0.4) is 0 Å². The Bertz CT molecular complexity index is 987. The van der Waals surface area contributed by atoms with Crippen molar-refractivity contribution in [3.8, 4) is 0 Å². The average molecular weight is 480 g/mol. The van der Waals surface area contributed by atoms with Crippen LogP contribution in [-0.2, 0) is 21.5 Å². The SMILES string of the molecule is CC(=O)Nc1ccc2c(c1)CN(CC1=NCCN1)C(=O)C21CCN(C2CCC(C(C)C)CC2)CC1. The van der Waals surface area contributed by atoms with Gasteiger partial charge in [-0.1, -0.05) is 19.9 Å². The maximum atomic E-state index is 14.1. The predicted octanol–water partition coefficient (Wildman–Crippen LogP) is 3.54. The molecule has 4 aliphatic rings. The minimum atomic E-state index is -0.479. The van der Waals surface area contributed by atoms with Crippen LogP contribution in [-0.4, -0.2) is 66.2 Å². The molecule has 1 spiro atoms. The van der Waals surface area contributed by atoms with E-state index >= 15 is 0 Å². The van der Waals surface area contributed by atoms with Crippen LogP contribution in [0.25, 0.3) is 0 Å². The molecule has 0 radical (unpaired) electrons. The third kappa shape index (κ3) is 4.84. The van der Waals surface area contributed by atoms with E-state index in [1.807, 2.05) is 11.0 Å². The second-order valence-electron chi connectivity index (χ2n) is 11.4. The van der Waals surface area contributed by atoms with Crippen LogP contribution in [0.4, 0.5) is 5.69 Å². The van der Waals surface area contributed by atoms with Crippen LogP contribution < -0.4 is 10.6 Å². The molecule has 190 valence electrons.